The fourth-order valence-electron chi connectivity index (χ4n) is 2.43. The molecule has 4 nitrogen and oxygen atoms in total. The molecule has 2 unspecified atom stereocenters. The number of carboxylic acid groups (broad SMARTS) is 1. The third kappa shape index (κ3) is 2.67. The quantitative estimate of drug-likeness (QED) is 0.896. The van der Waals surface area contributed by atoms with Crippen molar-refractivity contribution in [3.05, 3.63) is 28.2 Å². The van der Waals surface area contributed by atoms with Crippen molar-refractivity contribution < 1.29 is 14.6 Å². The smallest absolute Gasteiger partial charge is 0.338 e. The van der Waals surface area contributed by atoms with Crippen molar-refractivity contribution in [3.63, 3.8) is 0 Å². The normalized spacial score (nSPS) is 23.0. The zero-order chi connectivity index (χ0) is 13.1. The lowest BCUT2D eigenvalue weighted by atomic mass is 10.1. The first-order valence-electron chi connectivity index (χ1n) is 5.94. The molecule has 1 fully saturated rings. The van der Waals surface area contributed by atoms with Crippen LogP contribution in [0.1, 0.15) is 29.6 Å². The summed E-state index contributed by atoms with van der Waals surface area (Å²) in [5, 5.41) is 12.5. The van der Waals surface area contributed by atoms with Gasteiger partial charge in [0.25, 0.3) is 0 Å². The number of anilines is 1. The van der Waals surface area contributed by atoms with E-state index < -0.39 is 5.97 Å². The van der Waals surface area contributed by atoms with Gasteiger partial charge in [-0.05, 0) is 47.3 Å². The van der Waals surface area contributed by atoms with Gasteiger partial charge in [0, 0.05) is 11.6 Å². The summed E-state index contributed by atoms with van der Waals surface area (Å²) in [6.07, 6.45) is 3.28. The Labute approximate surface area is 114 Å². The molecule has 1 aromatic rings. The van der Waals surface area contributed by atoms with Crippen molar-refractivity contribution in [1.29, 1.82) is 0 Å². The topological polar surface area (TPSA) is 58.6 Å². The summed E-state index contributed by atoms with van der Waals surface area (Å²) in [5.74, 6) is -0.933. The SMILES string of the molecule is COC1CCCC1Nc1cccc(Br)c1C(=O)O. The van der Waals surface area contributed by atoms with Crippen LogP contribution in [0.3, 0.4) is 0 Å². The summed E-state index contributed by atoms with van der Waals surface area (Å²) in [4.78, 5) is 11.3. The number of hydrogen-bond acceptors (Lipinski definition) is 3. The van der Waals surface area contributed by atoms with Gasteiger partial charge in [-0.2, -0.15) is 0 Å². The molecular weight excluding hydrogens is 298 g/mol. The van der Waals surface area contributed by atoms with Gasteiger partial charge in [0.05, 0.1) is 23.4 Å². The molecule has 2 rings (SSSR count). The number of ether oxygens (including phenoxy) is 1. The van der Waals surface area contributed by atoms with Gasteiger partial charge in [-0.15, -0.1) is 0 Å². The maximum absolute atomic E-state index is 11.3. The van der Waals surface area contributed by atoms with E-state index in [9.17, 15) is 9.90 Å². The minimum atomic E-state index is -0.933. The van der Waals surface area contributed by atoms with Crippen LogP contribution in [0.5, 0.6) is 0 Å². The fraction of sp³-hybridized carbons (Fsp3) is 0.462. The molecule has 0 bridgehead atoms. The van der Waals surface area contributed by atoms with Crippen LogP contribution in [0, 0.1) is 0 Å². The molecule has 1 saturated carbocycles. The molecule has 2 N–H and O–H groups in total. The zero-order valence-corrected chi connectivity index (χ0v) is 11.7. The summed E-state index contributed by atoms with van der Waals surface area (Å²) in [7, 11) is 1.70. The molecule has 2 atom stereocenters. The lowest BCUT2D eigenvalue weighted by molar-refractivity contribution is 0.0696. The first-order valence-corrected chi connectivity index (χ1v) is 6.74. The monoisotopic (exact) mass is 313 g/mol. The second-order valence-corrected chi connectivity index (χ2v) is 5.28. The molecular formula is C13H16BrNO3. The Kier molecular flexibility index (Phi) is 4.24. The third-order valence-electron chi connectivity index (χ3n) is 3.32. The maximum atomic E-state index is 11.3. The van der Waals surface area contributed by atoms with Crippen LogP contribution >= 0.6 is 15.9 Å². The van der Waals surface area contributed by atoms with Crippen LogP contribution in [0.2, 0.25) is 0 Å². The highest BCUT2D eigenvalue weighted by molar-refractivity contribution is 9.10. The molecule has 0 aromatic heterocycles. The Morgan fingerprint density at radius 2 is 2.28 bits per heavy atom. The Balaban J connectivity index is 2.23. The highest BCUT2D eigenvalue weighted by Crippen LogP contribution is 2.29. The van der Waals surface area contributed by atoms with Crippen LogP contribution in [-0.4, -0.2) is 30.3 Å². The molecule has 0 aliphatic heterocycles. The average molecular weight is 314 g/mol. The number of hydrogen-bond donors (Lipinski definition) is 2. The number of carbonyl (C=O) groups is 1. The summed E-state index contributed by atoms with van der Waals surface area (Å²) >= 11 is 3.28. The molecule has 0 amide bonds. The van der Waals surface area contributed by atoms with Gasteiger partial charge in [0.1, 0.15) is 0 Å². The van der Waals surface area contributed by atoms with Gasteiger partial charge in [0.2, 0.25) is 0 Å². The Bertz CT molecular complexity index is 450. The van der Waals surface area contributed by atoms with Crippen molar-refractivity contribution >= 4 is 27.6 Å². The van der Waals surface area contributed by atoms with E-state index in [0.717, 1.165) is 19.3 Å². The third-order valence-corrected chi connectivity index (χ3v) is 3.98. The number of halogens is 1. The standard InChI is InChI=1S/C13H16BrNO3/c1-18-11-7-3-5-9(11)15-10-6-2-4-8(14)12(10)13(16)17/h2,4,6,9,11,15H,3,5,7H2,1H3,(H,16,17). The zero-order valence-electron chi connectivity index (χ0n) is 10.1. The molecule has 0 spiro atoms. The van der Waals surface area contributed by atoms with Gasteiger partial charge < -0.3 is 15.2 Å². The number of carboxylic acids is 1. The van der Waals surface area contributed by atoms with Crippen LogP contribution in [0.4, 0.5) is 5.69 Å². The maximum Gasteiger partial charge on any atom is 0.338 e. The van der Waals surface area contributed by atoms with Crippen molar-refractivity contribution in [3.8, 4) is 0 Å². The van der Waals surface area contributed by atoms with Gasteiger partial charge in [-0.3, -0.25) is 0 Å². The van der Waals surface area contributed by atoms with E-state index in [1.54, 1.807) is 19.2 Å². The molecule has 1 aromatic carbocycles. The minimum Gasteiger partial charge on any atom is -0.478 e. The average Bonchev–Trinajstić information content (AvgIpc) is 2.76. The number of methoxy groups -OCH3 is 1. The minimum absolute atomic E-state index is 0.158. The van der Waals surface area contributed by atoms with Crippen LogP contribution in [-0.2, 0) is 4.74 Å². The summed E-state index contributed by atoms with van der Waals surface area (Å²) in [6.45, 7) is 0. The fourth-order valence-corrected chi connectivity index (χ4v) is 2.97. The molecule has 18 heavy (non-hydrogen) atoms. The van der Waals surface area contributed by atoms with E-state index in [-0.39, 0.29) is 17.7 Å². The lowest BCUT2D eigenvalue weighted by Crippen LogP contribution is -2.30. The second-order valence-electron chi connectivity index (χ2n) is 4.42. The van der Waals surface area contributed by atoms with Crippen LogP contribution in [0.25, 0.3) is 0 Å². The van der Waals surface area contributed by atoms with E-state index in [1.165, 1.54) is 0 Å². The molecule has 0 radical (unpaired) electrons. The van der Waals surface area contributed by atoms with Crippen LogP contribution in [0.15, 0.2) is 22.7 Å². The molecule has 0 saturated heterocycles. The van der Waals surface area contributed by atoms with E-state index in [2.05, 4.69) is 21.2 Å². The van der Waals surface area contributed by atoms with Gasteiger partial charge in [-0.25, -0.2) is 4.79 Å². The molecule has 5 heteroatoms. The van der Waals surface area contributed by atoms with Gasteiger partial charge in [-0.1, -0.05) is 6.07 Å². The number of aromatic carboxylic acids is 1. The van der Waals surface area contributed by atoms with Gasteiger partial charge >= 0.3 is 5.97 Å². The number of nitrogens with one attached hydrogen (secondary N) is 1. The Morgan fingerprint density at radius 3 is 2.94 bits per heavy atom. The van der Waals surface area contributed by atoms with Gasteiger partial charge in [0.15, 0.2) is 0 Å². The predicted octanol–water partition coefficient (Wildman–Crippen LogP) is 3.13. The first kappa shape index (κ1) is 13.4. The predicted molar refractivity (Wildman–Crippen MR) is 73.2 cm³/mol. The number of rotatable bonds is 4. The summed E-state index contributed by atoms with van der Waals surface area (Å²) < 4.78 is 5.99. The molecule has 1 aliphatic rings. The van der Waals surface area contributed by atoms with E-state index >= 15 is 0 Å². The number of benzene rings is 1. The highest BCUT2D eigenvalue weighted by Gasteiger charge is 2.28. The molecule has 0 heterocycles. The Morgan fingerprint density at radius 1 is 1.50 bits per heavy atom. The first-order chi connectivity index (χ1) is 8.63. The van der Waals surface area contributed by atoms with Crippen molar-refractivity contribution in [2.24, 2.45) is 0 Å². The second kappa shape index (κ2) is 5.71. The van der Waals surface area contributed by atoms with Crippen molar-refractivity contribution in [2.45, 2.75) is 31.4 Å². The van der Waals surface area contributed by atoms with Crippen molar-refractivity contribution in [2.75, 3.05) is 12.4 Å². The van der Waals surface area contributed by atoms with E-state index in [4.69, 9.17) is 4.74 Å². The summed E-state index contributed by atoms with van der Waals surface area (Å²) in [6, 6.07) is 5.54. The van der Waals surface area contributed by atoms with E-state index in [0.29, 0.717) is 10.2 Å². The van der Waals surface area contributed by atoms with Crippen LogP contribution < -0.4 is 5.32 Å². The molecule has 1 aliphatic carbocycles. The largest absolute Gasteiger partial charge is 0.478 e. The highest BCUT2D eigenvalue weighted by atomic mass is 79.9. The van der Waals surface area contributed by atoms with E-state index in [1.807, 2.05) is 6.07 Å². The molecule has 98 valence electrons. The van der Waals surface area contributed by atoms with Crippen molar-refractivity contribution in [1.82, 2.24) is 0 Å². The lowest BCUT2D eigenvalue weighted by Gasteiger charge is -2.22. The Hall–Kier alpha value is -1.07. The summed E-state index contributed by atoms with van der Waals surface area (Å²) in [5.41, 5.74) is 0.921.